The normalized spacial score (nSPS) is 22.4. The van der Waals surface area contributed by atoms with Gasteiger partial charge in [-0.15, -0.1) is 0 Å². The predicted octanol–water partition coefficient (Wildman–Crippen LogP) is 0.593. The van der Waals surface area contributed by atoms with E-state index >= 15 is 0 Å². The van der Waals surface area contributed by atoms with Gasteiger partial charge in [0.05, 0.1) is 25.6 Å². The van der Waals surface area contributed by atoms with E-state index in [2.05, 4.69) is 0 Å². The van der Waals surface area contributed by atoms with E-state index in [-0.39, 0.29) is 11.9 Å². The summed E-state index contributed by atoms with van der Waals surface area (Å²) in [6, 6.07) is 7.82. The molecule has 0 spiro atoms. The standard InChI is InChI=1S/C18H27NO4/c1-3-22-18(21)15-7-9-19(10-8-15)12-16(20)13-23-17-6-4-5-14(2)11-17/h4-6,11,15-16,20H,3,7-10,12-13H2,1-2H3/p+1/t16-/m0/s1. The molecule has 1 aliphatic rings. The van der Waals surface area contributed by atoms with E-state index in [1.165, 1.54) is 4.90 Å². The van der Waals surface area contributed by atoms with E-state index in [9.17, 15) is 9.90 Å². The summed E-state index contributed by atoms with van der Waals surface area (Å²) >= 11 is 0. The molecular weight excluding hydrogens is 294 g/mol. The topological polar surface area (TPSA) is 60.2 Å². The van der Waals surface area contributed by atoms with Crippen molar-refractivity contribution >= 4 is 5.97 Å². The Balaban J connectivity index is 1.68. The molecule has 0 unspecified atom stereocenters. The molecule has 0 saturated carbocycles. The number of carbonyl (C=O) groups is 1. The number of piperidine rings is 1. The van der Waals surface area contributed by atoms with Crippen LogP contribution in [-0.4, -0.2) is 50.0 Å². The second-order valence-corrected chi connectivity index (χ2v) is 6.26. The highest BCUT2D eigenvalue weighted by molar-refractivity contribution is 5.72. The number of nitrogens with one attached hydrogen (secondary N) is 1. The predicted molar refractivity (Wildman–Crippen MR) is 87.6 cm³/mol. The van der Waals surface area contributed by atoms with Gasteiger partial charge in [0.25, 0.3) is 0 Å². The summed E-state index contributed by atoms with van der Waals surface area (Å²) in [6.45, 7) is 7.04. The zero-order chi connectivity index (χ0) is 16.7. The molecule has 1 saturated heterocycles. The van der Waals surface area contributed by atoms with E-state index in [4.69, 9.17) is 9.47 Å². The van der Waals surface area contributed by atoms with E-state index in [0.717, 1.165) is 37.2 Å². The summed E-state index contributed by atoms with van der Waals surface area (Å²) in [6.07, 6.45) is 1.17. The number of esters is 1. The molecule has 1 aromatic carbocycles. The number of aliphatic hydroxyl groups excluding tert-OH is 1. The smallest absolute Gasteiger partial charge is 0.309 e. The summed E-state index contributed by atoms with van der Waals surface area (Å²) in [5.41, 5.74) is 1.14. The van der Waals surface area contributed by atoms with Crippen molar-refractivity contribution in [3.05, 3.63) is 29.8 Å². The molecule has 0 radical (unpaired) electrons. The number of aryl methyl sites for hydroxylation is 1. The highest BCUT2D eigenvalue weighted by Gasteiger charge is 2.29. The molecule has 5 nitrogen and oxygen atoms in total. The van der Waals surface area contributed by atoms with Crippen LogP contribution in [0.4, 0.5) is 0 Å². The van der Waals surface area contributed by atoms with E-state index in [1.54, 1.807) is 0 Å². The van der Waals surface area contributed by atoms with Crippen LogP contribution < -0.4 is 9.64 Å². The maximum atomic E-state index is 11.7. The van der Waals surface area contributed by atoms with Gasteiger partial charge in [0.2, 0.25) is 0 Å². The van der Waals surface area contributed by atoms with Crippen molar-refractivity contribution in [2.24, 2.45) is 5.92 Å². The lowest BCUT2D eigenvalue weighted by Gasteiger charge is -2.29. The van der Waals surface area contributed by atoms with Crippen molar-refractivity contribution in [1.82, 2.24) is 0 Å². The maximum absolute atomic E-state index is 11.7. The lowest BCUT2D eigenvalue weighted by atomic mass is 9.97. The number of hydrogen-bond donors (Lipinski definition) is 2. The van der Waals surface area contributed by atoms with Crippen LogP contribution in [0.3, 0.4) is 0 Å². The van der Waals surface area contributed by atoms with Gasteiger partial charge in [0, 0.05) is 12.8 Å². The minimum atomic E-state index is -0.496. The summed E-state index contributed by atoms with van der Waals surface area (Å²) in [5.74, 6) is 0.745. The van der Waals surface area contributed by atoms with Crippen LogP contribution in [0.1, 0.15) is 25.3 Å². The van der Waals surface area contributed by atoms with Crippen LogP contribution in [0.15, 0.2) is 24.3 Å². The van der Waals surface area contributed by atoms with Crippen LogP contribution in [0.5, 0.6) is 5.75 Å². The Morgan fingerprint density at radius 2 is 2.13 bits per heavy atom. The number of hydrogen-bond acceptors (Lipinski definition) is 4. The van der Waals surface area contributed by atoms with Gasteiger partial charge in [0.15, 0.2) is 0 Å². The van der Waals surface area contributed by atoms with Crippen molar-refractivity contribution in [3.8, 4) is 5.75 Å². The Bertz CT molecular complexity index is 498. The van der Waals surface area contributed by atoms with Gasteiger partial charge < -0.3 is 19.5 Å². The molecule has 2 N–H and O–H groups in total. The molecule has 0 bridgehead atoms. The Morgan fingerprint density at radius 1 is 1.39 bits per heavy atom. The molecule has 1 fully saturated rings. The van der Waals surface area contributed by atoms with Gasteiger partial charge in [-0.1, -0.05) is 12.1 Å². The summed E-state index contributed by atoms with van der Waals surface area (Å²) in [7, 11) is 0. The molecule has 1 atom stereocenters. The molecule has 128 valence electrons. The van der Waals surface area contributed by atoms with Gasteiger partial charge in [0.1, 0.15) is 25.0 Å². The number of rotatable bonds is 7. The quantitative estimate of drug-likeness (QED) is 0.722. The zero-order valence-electron chi connectivity index (χ0n) is 14.1. The van der Waals surface area contributed by atoms with Crippen molar-refractivity contribution < 1.29 is 24.3 Å². The summed E-state index contributed by atoms with van der Waals surface area (Å²) < 4.78 is 10.7. The molecule has 0 aromatic heterocycles. The highest BCUT2D eigenvalue weighted by Crippen LogP contribution is 2.13. The first kappa shape index (κ1) is 17.8. The molecule has 1 aromatic rings. The highest BCUT2D eigenvalue weighted by atomic mass is 16.5. The fourth-order valence-corrected chi connectivity index (χ4v) is 3.02. The average molecular weight is 322 g/mol. The third-order valence-electron chi connectivity index (χ3n) is 4.27. The molecule has 0 amide bonds. The van der Waals surface area contributed by atoms with Crippen molar-refractivity contribution in [1.29, 1.82) is 0 Å². The second kappa shape index (κ2) is 8.89. The van der Waals surface area contributed by atoms with Crippen LogP contribution in [0.2, 0.25) is 0 Å². The zero-order valence-corrected chi connectivity index (χ0v) is 14.1. The molecule has 23 heavy (non-hydrogen) atoms. The Hall–Kier alpha value is -1.59. The van der Waals surface area contributed by atoms with Gasteiger partial charge in [-0.2, -0.15) is 0 Å². The number of quaternary nitrogens is 1. The van der Waals surface area contributed by atoms with E-state index < -0.39 is 6.10 Å². The Labute approximate surface area is 138 Å². The third kappa shape index (κ3) is 5.84. The Kier molecular flexibility index (Phi) is 6.86. The Morgan fingerprint density at radius 3 is 2.78 bits per heavy atom. The first-order valence-electron chi connectivity index (χ1n) is 8.46. The molecular formula is C18H28NO4+. The number of aliphatic hydroxyl groups is 1. The van der Waals surface area contributed by atoms with Crippen LogP contribution in [0, 0.1) is 12.8 Å². The lowest BCUT2D eigenvalue weighted by molar-refractivity contribution is -0.908. The first-order chi connectivity index (χ1) is 11.1. The molecule has 2 rings (SSSR count). The van der Waals surface area contributed by atoms with E-state index in [1.807, 2.05) is 38.1 Å². The SMILES string of the molecule is CCOC(=O)C1CC[NH+](C[C@H](O)COc2cccc(C)c2)CC1. The first-order valence-corrected chi connectivity index (χ1v) is 8.46. The average Bonchev–Trinajstić information content (AvgIpc) is 2.54. The summed E-state index contributed by atoms with van der Waals surface area (Å²) in [4.78, 5) is 13.0. The van der Waals surface area contributed by atoms with E-state index in [0.29, 0.717) is 19.8 Å². The molecule has 5 heteroatoms. The van der Waals surface area contributed by atoms with Crippen LogP contribution in [0.25, 0.3) is 0 Å². The molecule has 1 aliphatic heterocycles. The molecule has 1 heterocycles. The van der Waals surface area contributed by atoms with Crippen LogP contribution in [-0.2, 0) is 9.53 Å². The minimum absolute atomic E-state index is 0.0272. The fraction of sp³-hybridized carbons (Fsp3) is 0.611. The van der Waals surface area contributed by atoms with Crippen molar-refractivity contribution in [2.45, 2.75) is 32.8 Å². The van der Waals surface area contributed by atoms with Gasteiger partial charge in [-0.25, -0.2) is 0 Å². The van der Waals surface area contributed by atoms with Gasteiger partial charge >= 0.3 is 5.97 Å². The van der Waals surface area contributed by atoms with Gasteiger partial charge in [-0.3, -0.25) is 4.79 Å². The fourth-order valence-electron chi connectivity index (χ4n) is 3.02. The largest absolute Gasteiger partial charge is 0.491 e. The maximum Gasteiger partial charge on any atom is 0.309 e. The monoisotopic (exact) mass is 322 g/mol. The second-order valence-electron chi connectivity index (χ2n) is 6.26. The number of likely N-dealkylation sites (tertiary alicyclic amines) is 1. The van der Waals surface area contributed by atoms with Crippen LogP contribution >= 0.6 is 0 Å². The molecule has 0 aliphatic carbocycles. The number of carbonyl (C=O) groups excluding carboxylic acids is 1. The van der Waals surface area contributed by atoms with Crippen molar-refractivity contribution in [3.63, 3.8) is 0 Å². The summed E-state index contributed by atoms with van der Waals surface area (Å²) in [5, 5.41) is 10.2. The van der Waals surface area contributed by atoms with Gasteiger partial charge in [-0.05, 0) is 31.5 Å². The minimum Gasteiger partial charge on any atom is -0.491 e. The number of benzene rings is 1. The number of ether oxygens (including phenoxy) is 2. The third-order valence-corrected chi connectivity index (χ3v) is 4.27. The van der Waals surface area contributed by atoms with Crippen molar-refractivity contribution in [2.75, 3.05) is 32.8 Å². The lowest BCUT2D eigenvalue weighted by Crippen LogP contribution is -3.14.